The van der Waals surface area contributed by atoms with Crippen LogP contribution in [0.2, 0.25) is 0 Å². The quantitative estimate of drug-likeness (QED) is 0.326. The van der Waals surface area contributed by atoms with E-state index in [1.807, 2.05) is 18.2 Å². The first kappa shape index (κ1) is 21.9. The van der Waals surface area contributed by atoms with Crippen molar-refractivity contribution in [2.75, 3.05) is 6.16 Å². The van der Waals surface area contributed by atoms with Crippen LogP contribution in [-0.4, -0.2) is 23.6 Å². The Kier molecular flexibility index (Phi) is 5.32. The molecule has 5 heteroatoms. The van der Waals surface area contributed by atoms with Crippen LogP contribution in [0.4, 0.5) is 0 Å². The second-order valence-corrected chi connectivity index (χ2v) is 16.0. The molecule has 3 aliphatic rings. The maximum absolute atomic E-state index is 13.6. The lowest BCUT2D eigenvalue weighted by atomic mass is 9.74. The summed E-state index contributed by atoms with van der Waals surface area (Å²) in [6, 6.07) is 31.8. The summed E-state index contributed by atoms with van der Waals surface area (Å²) in [6.45, 7) is 4.55. The van der Waals surface area contributed by atoms with Crippen molar-refractivity contribution in [3.8, 4) is 0 Å². The lowest BCUT2D eigenvalue weighted by Crippen LogP contribution is -2.39. The summed E-state index contributed by atoms with van der Waals surface area (Å²) in [5.41, 5.74) is 4.62. The molecule has 5 atom stereocenters. The van der Waals surface area contributed by atoms with Crippen molar-refractivity contribution in [3.63, 3.8) is 0 Å². The van der Waals surface area contributed by atoms with Gasteiger partial charge in [-0.2, -0.15) is 0 Å². The Morgan fingerprint density at radius 1 is 0.794 bits per heavy atom. The third kappa shape index (κ3) is 2.97. The Balaban J connectivity index is 1.76. The summed E-state index contributed by atoms with van der Waals surface area (Å²) >= 11 is 0. The van der Waals surface area contributed by atoms with Crippen LogP contribution >= 0.6 is 15.2 Å². The minimum Gasteiger partial charge on any atom is -0.296 e. The van der Waals surface area contributed by atoms with Crippen LogP contribution in [-0.2, 0) is 14.7 Å². The highest BCUT2D eigenvalue weighted by molar-refractivity contribution is 8.36. The molecule has 3 aliphatic heterocycles. The Morgan fingerprint density at radius 3 is 1.94 bits per heavy atom. The molecule has 2 bridgehead atoms. The highest BCUT2D eigenvalue weighted by atomic mass is 32.1. The Hall–Kier alpha value is -2.60. The van der Waals surface area contributed by atoms with Crippen molar-refractivity contribution in [2.45, 2.75) is 24.7 Å². The average molecular weight is 483 g/mol. The Morgan fingerprint density at radius 2 is 1.35 bits per heavy atom. The molecule has 0 radical (unpaired) electrons. The number of benzene rings is 3. The Labute approximate surface area is 203 Å². The molecule has 2 saturated heterocycles. The van der Waals surface area contributed by atoms with Crippen LogP contribution in [0.5, 0.6) is 0 Å². The van der Waals surface area contributed by atoms with Gasteiger partial charge in [-0.25, -0.2) is 0 Å². The molecule has 2 unspecified atom stereocenters. The normalized spacial score (nSPS) is 29.6. The average Bonchev–Trinajstić information content (AvgIpc) is 3.43. The maximum atomic E-state index is 13.6. The van der Waals surface area contributed by atoms with Crippen molar-refractivity contribution in [1.29, 1.82) is 0 Å². The zero-order valence-electron chi connectivity index (χ0n) is 19.3. The molecule has 170 valence electrons. The SMILES string of the molecule is CC(C)CP1P2C(c3ccccc3)=C(c3ccccc3)[C@@]1(c1ccccc1)[C@H]1C(=O)NC(=O)[C@H]12. The Bertz CT molecular complexity index is 1290. The van der Waals surface area contributed by atoms with E-state index in [0.717, 1.165) is 6.16 Å². The largest absolute Gasteiger partial charge is 0.296 e. The molecule has 3 nitrogen and oxygen atoms in total. The predicted octanol–water partition coefficient (Wildman–Crippen LogP) is 6.65. The van der Waals surface area contributed by atoms with E-state index in [1.54, 1.807) is 0 Å². The van der Waals surface area contributed by atoms with E-state index in [-0.39, 0.29) is 23.4 Å². The van der Waals surface area contributed by atoms with Gasteiger partial charge >= 0.3 is 0 Å². The van der Waals surface area contributed by atoms with Gasteiger partial charge in [-0.05, 0) is 47.3 Å². The number of fused-ring (bicyclic) bond motifs is 5. The van der Waals surface area contributed by atoms with Crippen LogP contribution in [0.1, 0.15) is 30.5 Å². The summed E-state index contributed by atoms with van der Waals surface area (Å²) in [4.78, 5) is 26.9. The van der Waals surface area contributed by atoms with Crippen molar-refractivity contribution >= 4 is 37.9 Å². The van der Waals surface area contributed by atoms with Crippen molar-refractivity contribution in [1.82, 2.24) is 5.32 Å². The van der Waals surface area contributed by atoms with Gasteiger partial charge in [0, 0.05) is 0 Å². The van der Waals surface area contributed by atoms with Crippen LogP contribution in [0.3, 0.4) is 0 Å². The first-order valence-corrected chi connectivity index (χ1v) is 15.5. The third-order valence-electron chi connectivity index (χ3n) is 7.20. The van der Waals surface area contributed by atoms with Crippen LogP contribution in [0.25, 0.3) is 10.9 Å². The second kappa shape index (κ2) is 8.26. The number of imide groups is 1. The molecule has 6 rings (SSSR count). The molecule has 2 fully saturated rings. The van der Waals surface area contributed by atoms with Gasteiger partial charge in [0.2, 0.25) is 11.8 Å². The van der Waals surface area contributed by atoms with Gasteiger partial charge in [-0.15, -0.1) is 0 Å². The van der Waals surface area contributed by atoms with Crippen molar-refractivity contribution in [3.05, 3.63) is 108 Å². The van der Waals surface area contributed by atoms with E-state index in [9.17, 15) is 9.59 Å². The number of hydrogen-bond donors (Lipinski definition) is 1. The minimum absolute atomic E-state index is 0.0595. The lowest BCUT2D eigenvalue weighted by Gasteiger charge is -2.40. The third-order valence-corrected chi connectivity index (χ3v) is 16.7. The molecule has 0 spiro atoms. The van der Waals surface area contributed by atoms with Gasteiger partial charge in [0.1, 0.15) is 0 Å². The first-order valence-electron chi connectivity index (χ1n) is 11.9. The molecule has 3 heterocycles. The number of hydrogen-bond acceptors (Lipinski definition) is 2. The van der Waals surface area contributed by atoms with Gasteiger partial charge in [-0.1, -0.05) is 112 Å². The lowest BCUT2D eigenvalue weighted by molar-refractivity contribution is -0.126. The van der Waals surface area contributed by atoms with Gasteiger partial charge < -0.3 is 0 Å². The topological polar surface area (TPSA) is 46.2 Å². The number of carbonyl (C=O) groups excluding carboxylic acids is 2. The van der Waals surface area contributed by atoms with E-state index < -0.39 is 20.4 Å². The highest BCUT2D eigenvalue weighted by Crippen LogP contribution is 3.00. The van der Waals surface area contributed by atoms with Crippen molar-refractivity contribution in [2.24, 2.45) is 11.8 Å². The van der Waals surface area contributed by atoms with Gasteiger partial charge in [-0.3, -0.25) is 14.9 Å². The summed E-state index contributed by atoms with van der Waals surface area (Å²) < 4.78 is 0. The number of nitrogens with one attached hydrogen (secondary N) is 1. The standard InChI is InChI=1S/C29H27NO2P2/c1-19(2)18-33-29(22-16-10-5-11-17-22)23(20-12-6-3-7-13-20)25(21-14-8-4-9-15-21)34(33)26-24(29)27(31)30-28(26)32/h3-17,19,24,26H,18H2,1-2H3,(H,30,31,32)/t24-,26+,29+,33?,34?/m1/s1. The van der Waals surface area contributed by atoms with E-state index in [2.05, 4.69) is 92.0 Å². The smallest absolute Gasteiger partial charge is 0.235 e. The molecule has 2 amide bonds. The zero-order valence-corrected chi connectivity index (χ0v) is 21.1. The van der Waals surface area contributed by atoms with Crippen LogP contribution in [0, 0.1) is 11.8 Å². The van der Waals surface area contributed by atoms with Gasteiger partial charge in [0.15, 0.2) is 0 Å². The molecule has 3 aromatic carbocycles. The minimum atomic E-state index is -0.834. The van der Waals surface area contributed by atoms with E-state index >= 15 is 0 Å². The fraction of sp³-hybridized carbons (Fsp3) is 0.241. The van der Waals surface area contributed by atoms with Gasteiger partial charge in [0.05, 0.1) is 16.7 Å². The predicted molar refractivity (Wildman–Crippen MR) is 142 cm³/mol. The van der Waals surface area contributed by atoms with Crippen LogP contribution < -0.4 is 5.32 Å². The molecule has 1 N–H and O–H groups in total. The summed E-state index contributed by atoms with van der Waals surface area (Å²) in [5.74, 6) is 0.0146. The number of amides is 2. The summed E-state index contributed by atoms with van der Waals surface area (Å²) in [5, 5.41) is 3.63. The fourth-order valence-electron chi connectivity index (χ4n) is 6.14. The van der Waals surface area contributed by atoms with E-state index in [0.29, 0.717) is 5.92 Å². The maximum Gasteiger partial charge on any atom is 0.235 e. The number of rotatable bonds is 5. The summed E-state index contributed by atoms with van der Waals surface area (Å²) in [7, 11) is -1.49. The number of allylic oxidation sites excluding steroid dienone is 1. The van der Waals surface area contributed by atoms with Gasteiger partial charge in [0.25, 0.3) is 0 Å². The highest BCUT2D eigenvalue weighted by Gasteiger charge is 2.74. The molecule has 34 heavy (non-hydrogen) atoms. The molecule has 0 saturated carbocycles. The molecule has 3 aromatic rings. The van der Waals surface area contributed by atoms with E-state index in [1.165, 1.54) is 27.6 Å². The zero-order chi connectivity index (χ0) is 23.4. The van der Waals surface area contributed by atoms with Crippen LogP contribution in [0.15, 0.2) is 91.0 Å². The summed E-state index contributed by atoms with van der Waals surface area (Å²) in [6.07, 6.45) is 1.05. The molecular weight excluding hydrogens is 456 g/mol. The molecule has 0 aromatic heterocycles. The first-order chi connectivity index (χ1) is 16.5. The van der Waals surface area contributed by atoms with E-state index in [4.69, 9.17) is 0 Å². The fourth-order valence-corrected chi connectivity index (χ4v) is 18.6. The molecule has 0 aliphatic carbocycles. The second-order valence-electron chi connectivity index (χ2n) is 9.68. The number of carbonyl (C=O) groups is 2. The van der Waals surface area contributed by atoms with Crippen molar-refractivity contribution < 1.29 is 9.59 Å². The monoisotopic (exact) mass is 483 g/mol. The molecular formula is C29H27NO2P2.